The fourth-order valence-corrected chi connectivity index (χ4v) is 4.07. The van der Waals surface area contributed by atoms with Crippen molar-refractivity contribution < 1.29 is 14.7 Å². The average molecular weight is 395 g/mol. The molecule has 0 spiro atoms. The molecular weight excluding hydrogens is 382 g/mol. The maximum Gasteiger partial charge on any atom is 0.337 e. The van der Waals surface area contributed by atoms with Gasteiger partial charge < -0.3 is 10.4 Å². The lowest BCUT2D eigenvalue weighted by molar-refractivity contribution is 0.0698. The van der Waals surface area contributed by atoms with Crippen molar-refractivity contribution in [3.63, 3.8) is 0 Å². The van der Waals surface area contributed by atoms with Gasteiger partial charge in [-0.15, -0.1) is 11.3 Å². The third kappa shape index (κ3) is 4.73. The molecule has 27 heavy (non-hydrogen) atoms. The van der Waals surface area contributed by atoms with Crippen molar-refractivity contribution in [1.82, 2.24) is 4.98 Å². The molecule has 3 aromatic rings. The standard InChI is InChI=1S/C19H13N3O3S2/c20-9-13-6-7-15(14(8-13)18(24)25)22-17(23)16-10-21-19(27-16)26-11-12-4-2-1-3-5-12/h1-8,10H,11H2,(H,22,23)(H,24,25). The SMILES string of the molecule is N#Cc1ccc(NC(=O)c2cnc(SCc3ccccc3)s2)c(C(=O)O)c1. The lowest BCUT2D eigenvalue weighted by Gasteiger charge is -2.07. The van der Waals surface area contributed by atoms with E-state index in [0.717, 1.165) is 15.7 Å². The summed E-state index contributed by atoms with van der Waals surface area (Å²) in [5.41, 5.74) is 1.37. The van der Waals surface area contributed by atoms with Crippen molar-refractivity contribution in [3.8, 4) is 6.07 Å². The van der Waals surface area contributed by atoms with Gasteiger partial charge in [0.25, 0.3) is 5.91 Å². The Morgan fingerprint density at radius 3 is 2.70 bits per heavy atom. The van der Waals surface area contributed by atoms with E-state index in [9.17, 15) is 14.7 Å². The van der Waals surface area contributed by atoms with E-state index in [1.165, 1.54) is 47.5 Å². The number of carboxylic acids is 1. The largest absolute Gasteiger partial charge is 0.478 e. The Bertz CT molecular complexity index is 1030. The Morgan fingerprint density at radius 2 is 2.00 bits per heavy atom. The highest BCUT2D eigenvalue weighted by Crippen LogP contribution is 2.28. The van der Waals surface area contributed by atoms with E-state index in [0.29, 0.717) is 4.88 Å². The van der Waals surface area contributed by atoms with Crippen LogP contribution in [0.15, 0.2) is 59.1 Å². The lowest BCUT2D eigenvalue weighted by Crippen LogP contribution is -2.13. The first-order valence-electron chi connectivity index (χ1n) is 7.78. The van der Waals surface area contributed by atoms with Crippen molar-refractivity contribution in [2.24, 2.45) is 0 Å². The minimum atomic E-state index is -1.22. The maximum atomic E-state index is 12.4. The number of amides is 1. The van der Waals surface area contributed by atoms with Gasteiger partial charge in [-0.2, -0.15) is 5.26 Å². The number of aromatic nitrogens is 1. The second kappa shape index (κ2) is 8.49. The van der Waals surface area contributed by atoms with Crippen LogP contribution in [0.2, 0.25) is 0 Å². The summed E-state index contributed by atoms with van der Waals surface area (Å²) in [6.45, 7) is 0. The number of thiazole rings is 1. The van der Waals surface area contributed by atoms with Gasteiger partial charge in [-0.05, 0) is 23.8 Å². The van der Waals surface area contributed by atoms with Gasteiger partial charge in [-0.25, -0.2) is 9.78 Å². The molecule has 6 nitrogen and oxygen atoms in total. The third-order valence-electron chi connectivity index (χ3n) is 3.54. The zero-order valence-electron chi connectivity index (χ0n) is 13.9. The molecule has 1 aromatic heterocycles. The predicted molar refractivity (Wildman–Crippen MR) is 104 cm³/mol. The van der Waals surface area contributed by atoms with E-state index >= 15 is 0 Å². The molecule has 0 aliphatic rings. The van der Waals surface area contributed by atoms with Crippen LogP contribution < -0.4 is 5.32 Å². The normalized spacial score (nSPS) is 10.2. The van der Waals surface area contributed by atoms with Gasteiger partial charge in [-0.1, -0.05) is 42.1 Å². The van der Waals surface area contributed by atoms with E-state index < -0.39 is 11.9 Å². The molecule has 0 fully saturated rings. The summed E-state index contributed by atoms with van der Waals surface area (Å²) in [6, 6.07) is 15.9. The molecule has 1 heterocycles. The van der Waals surface area contributed by atoms with Crippen molar-refractivity contribution in [2.45, 2.75) is 10.1 Å². The molecule has 1 amide bonds. The van der Waals surface area contributed by atoms with Crippen LogP contribution in [0.25, 0.3) is 0 Å². The van der Waals surface area contributed by atoms with Gasteiger partial charge in [0.05, 0.1) is 29.1 Å². The molecule has 3 rings (SSSR count). The molecule has 0 aliphatic carbocycles. The van der Waals surface area contributed by atoms with E-state index in [4.69, 9.17) is 5.26 Å². The number of carbonyl (C=O) groups excluding carboxylic acids is 1. The number of thioether (sulfide) groups is 1. The number of aromatic carboxylic acids is 1. The highest BCUT2D eigenvalue weighted by molar-refractivity contribution is 8.00. The van der Waals surface area contributed by atoms with Crippen LogP contribution in [0.5, 0.6) is 0 Å². The van der Waals surface area contributed by atoms with Crippen molar-refractivity contribution in [1.29, 1.82) is 5.26 Å². The van der Waals surface area contributed by atoms with Gasteiger partial charge in [0.1, 0.15) is 4.88 Å². The first-order valence-corrected chi connectivity index (χ1v) is 9.58. The van der Waals surface area contributed by atoms with Crippen LogP contribution in [-0.4, -0.2) is 22.0 Å². The molecule has 2 aromatic carbocycles. The summed E-state index contributed by atoms with van der Waals surface area (Å²) in [5, 5.41) is 20.7. The number of carbonyl (C=O) groups is 2. The zero-order valence-corrected chi connectivity index (χ0v) is 15.5. The summed E-state index contributed by atoms with van der Waals surface area (Å²) in [4.78, 5) is 28.4. The van der Waals surface area contributed by atoms with Gasteiger partial charge in [0, 0.05) is 5.75 Å². The number of carboxylic acid groups (broad SMARTS) is 1. The minimum Gasteiger partial charge on any atom is -0.478 e. The summed E-state index contributed by atoms with van der Waals surface area (Å²) in [7, 11) is 0. The number of rotatable bonds is 6. The van der Waals surface area contributed by atoms with Crippen LogP contribution in [0, 0.1) is 11.3 Å². The topological polar surface area (TPSA) is 103 Å². The number of hydrogen-bond donors (Lipinski definition) is 2. The van der Waals surface area contributed by atoms with E-state index in [1.54, 1.807) is 0 Å². The van der Waals surface area contributed by atoms with E-state index in [1.807, 2.05) is 36.4 Å². The Kier molecular flexibility index (Phi) is 5.86. The van der Waals surface area contributed by atoms with Crippen LogP contribution in [0.4, 0.5) is 5.69 Å². The fourth-order valence-electron chi connectivity index (χ4n) is 2.23. The van der Waals surface area contributed by atoms with Crippen LogP contribution in [-0.2, 0) is 5.75 Å². The van der Waals surface area contributed by atoms with Crippen LogP contribution in [0.3, 0.4) is 0 Å². The lowest BCUT2D eigenvalue weighted by atomic mass is 10.1. The monoisotopic (exact) mass is 395 g/mol. The number of benzene rings is 2. The first kappa shape index (κ1) is 18.6. The predicted octanol–water partition coefficient (Wildman–Crippen LogP) is 4.26. The van der Waals surface area contributed by atoms with Crippen molar-refractivity contribution >= 4 is 40.7 Å². The second-order valence-corrected chi connectivity index (χ2v) is 7.65. The molecule has 0 atom stereocenters. The quantitative estimate of drug-likeness (QED) is 0.605. The Hall–Kier alpha value is -3.15. The van der Waals surface area contributed by atoms with Crippen LogP contribution >= 0.6 is 23.1 Å². The highest BCUT2D eigenvalue weighted by Gasteiger charge is 2.16. The Balaban J connectivity index is 1.70. The van der Waals surface area contributed by atoms with E-state index in [-0.39, 0.29) is 16.8 Å². The number of nitrogens with one attached hydrogen (secondary N) is 1. The zero-order chi connectivity index (χ0) is 19.2. The molecule has 0 saturated heterocycles. The molecular formula is C19H13N3O3S2. The molecule has 0 unspecified atom stereocenters. The Labute approximate surface area is 163 Å². The summed E-state index contributed by atoms with van der Waals surface area (Å²) < 4.78 is 0.752. The molecule has 0 aliphatic heterocycles. The number of hydrogen-bond acceptors (Lipinski definition) is 6. The van der Waals surface area contributed by atoms with Crippen molar-refractivity contribution in [3.05, 3.63) is 76.3 Å². The summed E-state index contributed by atoms with van der Waals surface area (Å²) in [5.74, 6) is -0.911. The second-order valence-electron chi connectivity index (χ2n) is 5.40. The summed E-state index contributed by atoms with van der Waals surface area (Å²) in [6.07, 6.45) is 1.47. The Morgan fingerprint density at radius 1 is 1.22 bits per heavy atom. The molecule has 0 radical (unpaired) electrons. The number of nitrogens with zero attached hydrogens (tertiary/aromatic N) is 2. The summed E-state index contributed by atoms with van der Waals surface area (Å²) >= 11 is 2.77. The third-order valence-corrected chi connectivity index (χ3v) is 5.77. The average Bonchev–Trinajstić information content (AvgIpc) is 3.16. The molecule has 2 N–H and O–H groups in total. The molecule has 0 bridgehead atoms. The maximum absolute atomic E-state index is 12.4. The van der Waals surface area contributed by atoms with Gasteiger partial charge in [0.2, 0.25) is 0 Å². The highest BCUT2D eigenvalue weighted by atomic mass is 32.2. The molecule has 134 valence electrons. The number of nitriles is 1. The van der Waals surface area contributed by atoms with Crippen LogP contribution in [0.1, 0.15) is 31.2 Å². The molecule has 0 saturated carbocycles. The number of anilines is 1. The van der Waals surface area contributed by atoms with Gasteiger partial charge in [-0.3, -0.25) is 4.79 Å². The fraction of sp³-hybridized carbons (Fsp3) is 0.0526. The molecule has 8 heteroatoms. The minimum absolute atomic E-state index is 0.134. The van der Waals surface area contributed by atoms with Gasteiger partial charge in [0.15, 0.2) is 4.34 Å². The van der Waals surface area contributed by atoms with Gasteiger partial charge >= 0.3 is 5.97 Å². The first-order chi connectivity index (χ1) is 13.1. The van der Waals surface area contributed by atoms with E-state index in [2.05, 4.69) is 10.3 Å². The smallest absolute Gasteiger partial charge is 0.337 e. The van der Waals surface area contributed by atoms with Crippen molar-refractivity contribution in [2.75, 3.05) is 5.32 Å².